The van der Waals surface area contributed by atoms with Crippen molar-refractivity contribution in [1.82, 2.24) is 0 Å². The van der Waals surface area contributed by atoms with Crippen molar-refractivity contribution in [2.24, 2.45) is 0 Å². The molecule has 1 aliphatic rings. The largest absolute Gasteiger partial charge is 0.490 e. The van der Waals surface area contributed by atoms with Gasteiger partial charge in [-0.1, -0.05) is 0 Å². The van der Waals surface area contributed by atoms with Gasteiger partial charge in [-0.25, -0.2) is 4.39 Å². The lowest BCUT2D eigenvalue weighted by molar-refractivity contribution is -0.165. The summed E-state index contributed by atoms with van der Waals surface area (Å²) >= 11 is 0. The molecule has 0 aliphatic carbocycles. The number of benzene rings is 1. The molecule has 0 saturated carbocycles. The number of halogens is 1. The number of carbonyl (C=O) groups is 1. The Morgan fingerprint density at radius 3 is 2.79 bits per heavy atom. The molecule has 5 nitrogen and oxygen atoms in total. The summed E-state index contributed by atoms with van der Waals surface area (Å²) in [6.07, 6.45) is 4.06. The highest BCUT2D eigenvalue weighted by molar-refractivity contribution is 5.66. The van der Waals surface area contributed by atoms with Gasteiger partial charge >= 0.3 is 5.97 Å². The van der Waals surface area contributed by atoms with E-state index in [0.717, 1.165) is 32.3 Å². The summed E-state index contributed by atoms with van der Waals surface area (Å²) in [5.74, 6) is -0.124. The lowest BCUT2D eigenvalue weighted by Crippen LogP contribution is -2.26. The second kappa shape index (κ2) is 10.3. The predicted molar refractivity (Wildman–Crippen MR) is 86.2 cm³/mol. The van der Waals surface area contributed by atoms with E-state index >= 15 is 0 Å². The van der Waals surface area contributed by atoms with E-state index in [1.54, 1.807) is 12.1 Å². The first kappa shape index (κ1) is 18.7. The Balaban J connectivity index is 1.69. The van der Waals surface area contributed by atoms with Crippen LogP contribution in [0.15, 0.2) is 24.3 Å². The minimum atomic E-state index is -0.358. The molecule has 1 aromatic rings. The molecule has 1 fully saturated rings. The normalized spacial score (nSPS) is 18.8. The highest BCUT2D eigenvalue weighted by atomic mass is 19.1. The molecule has 1 heterocycles. The maximum atomic E-state index is 12.9. The van der Waals surface area contributed by atoms with Crippen molar-refractivity contribution < 1.29 is 28.1 Å². The van der Waals surface area contributed by atoms with Crippen LogP contribution in [0.4, 0.5) is 4.39 Å². The quantitative estimate of drug-likeness (QED) is 0.509. The molecule has 134 valence electrons. The number of hydrogen-bond acceptors (Lipinski definition) is 5. The lowest BCUT2D eigenvalue weighted by atomic mass is 10.2. The van der Waals surface area contributed by atoms with E-state index in [-0.39, 0.29) is 30.8 Å². The lowest BCUT2D eigenvalue weighted by Gasteiger charge is -2.23. The number of rotatable bonds is 9. The molecular formula is C18H25FO5. The molecule has 0 N–H and O–H groups in total. The molecule has 6 heteroatoms. The van der Waals surface area contributed by atoms with E-state index < -0.39 is 0 Å². The Morgan fingerprint density at radius 1 is 1.33 bits per heavy atom. The van der Waals surface area contributed by atoms with Crippen LogP contribution in [0, 0.1) is 5.82 Å². The van der Waals surface area contributed by atoms with Gasteiger partial charge in [0.1, 0.15) is 24.3 Å². The first-order valence-electron chi connectivity index (χ1n) is 8.42. The smallest absolute Gasteiger partial charge is 0.303 e. The van der Waals surface area contributed by atoms with Crippen LogP contribution in [-0.2, 0) is 19.0 Å². The number of hydrogen-bond donors (Lipinski definition) is 0. The molecule has 0 spiro atoms. The minimum absolute atomic E-state index is 0.110. The van der Waals surface area contributed by atoms with Gasteiger partial charge in [-0.3, -0.25) is 4.79 Å². The van der Waals surface area contributed by atoms with E-state index in [9.17, 15) is 9.18 Å². The molecule has 0 radical (unpaired) electrons. The minimum Gasteiger partial charge on any atom is -0.490 e. The zero-order valence-corrected chi connectivity index (χ0v) is 14.0. The molecule has 2 rings (SSSR count). The van der Waals surface area contributed by atoms with Crippen molar-refractivity contribution in [3.63, 3.8) is 0 Å². The van der Waals surface area contributed by atoms with Gasteiger partial charge < -0.3 is 18.9 Å². The fraction of sp³-hybridized carbons (Fsp3) is 0.611. The van der Waals surface area contributed by atoms with Crippen molar-refractivity contribution in [2.45, 2.75) is 51.4 Å². The Labute approximate surface area is 142 Å². The van der Waals surface area contributed by atoms with E-state index in [4.69, 9.17) is 18.9 Å². The molecule has 1 aliphatic heterocycles. The Bertz CT molecular complexity index is 485. The van der Waals surface area contributed by atoms with Crippen molar-refractivity contribution in [2.75, 3.05) is 19.8 Å². The van der Waals surface area contributed by atoms with Gasteiger partial charge in [-0.2, -0.15) is 0 Å². The van der Waals surface area contributed by atoms with Crippen LogP contribution in [0.3, 0.4) is 0 Å². The highest BCUT2D eigenvalue weighted by Gasteiger charge is 2.16. The van der Waals surface area contributed by atoms with Gasteiger partial charge in [0.2, 0.25) is 0 Å². The van der Waals surface area contributed by atoms with Gasteiger partial charge in [0.05, 0.1) is 0 Å². The maximum absolute atomic E-state index is 12.9. The summed E-state index contributed by atoms with van der Waals surface area (Å²) in [5, 5.41) is 0. The molecule has 0 unspecified atom stereocenters. The number of ether oxygens (including phenoxy) is 4. The fourth-order valence-corrected chi connectivity index (χ4v) is 2.50. The first-order valence-corrected chi connectivity index (χ1v) is 8.42. The Morgan fingerprint density at radius 2 is 2.12 bits per heavy atom. The zero-order chi connectivity index (χ0) is 17.2. The van der Waals surface area contributed by atoms with Gasteiger partial charge in [-0.15, -0.1) is 0 Å². The van der Waals surface area contributed by atoms with Crippen molar-refractivity contribution >= 4 is 5.97 Å². The number of carbonyl (C=O) groups excluding carboxylic acids is 1. The Kier molecular flexibility index (Phi) is 7.98. The van der Waals surface area contributed by atoms with Gasteiger partial charge in [0.15, 0.2) is 6.29 Å². The van der Waals surface area contributed by atoms with Gasteiger partial charge in [-0.05, 0) is 56.4 Å². The molecule has 1 aromatic carbocycles. The zero-order valence-electron chi connectivity index (χ0n) is 14.0. The van der Waals surface area contributed by atoms with Crippen molar-refractivity contribution in [3.8, 4) is 5.75 Å². The molecular weight excluding hydrogens is 315 g/mol. The average Bonchev–Trinajstić information content (AvgIpc) is 2.58. The molecule has 0 amide bonds. The standard InChI is InChI=1S/C18H25FO5/c1-14(20)24-17(13-23-16-9-7-15(19)8-10-16)5-4-12-22-18-6-2-3-11-21-18/h7-10,17-18H,2-6,11-13H2,1H3/t17-,18+/m1/s1. The van der Waals surface area contributed by atoms with Gasteiger partial charge in [0, 0.05) is 20.1 Å². The van der Waals surface area contributed by atoms with E-state index in [1.807, 2.05) is 0 Å². The van der Waals surface area contributed by atoms with Crippen LogP contribution in [0.25, 0.3) is 0 Å². The van der Waals surface area contributed by atoms with Crippen LogP contribution in [-0.4, -0.2) is 38.2 Å². The Hall–Kier alpha value is -1.66. The monoisotopic (exact) mass is 340 g/mol. The van der Waals surface area contributed by atoms with Crippen LogP contribution in [0.1, 0.15) is 39.0 Å². The molecule has 1 saturated heterocycles. The van der Waals surface area contributed by atoms with Gasteiger partial charge in [0.25, 0.3) is 0 Å². The second-order valence-electron chi connectivity index (χ2n) is 5.81. The fourth-order valence-electron chi connectivity index (χ4n) is 2.50. The summed E-state index contributed by atoms with van der Waals surface area (Å²) in [7, 11) is 0. The summed E-state index contributed by atoms with van der Waals surface area (Å²) in [6, 6.07) is 5.75. The number of esters is 1. The van der Waals surface area contributed by atoms with Crippen molar-refractivity contribution in [1.29, 1.82) is 0 Å². The third kappa shape index (κ3) is 7.27. The maximum Gasteiger partial charge on any atom is 0.303 e. The molecule has 0 bridgehead atoms. The average molecular weight is 340 g/mol. The summed E-state index contributed by atoms with van der Waals surface area (Å²) < 4.78 is 34.9. The summed E-state index contributed by atoms with van der Waals surface area (Å²) in [5.41, 5.74) is 0. The SMILES string of the molecule is CC(=O)O[C@H](CCCO[C@H]1CCCCO1)COc1ccc(F)cc1. The van der Waals surface area contributed by atoms with E-state index in [1.165, 1.54) is 19.1 Å². The van der Waals surface area contributed by atoms with Crippen LogP contribution >= 0.6 is 0 Å². The van der Waals surface area contributed by atoms with Crippen LogP contribution in [0.2, 0.25) is 0 Å². The third-order valence-electron chi connectivity index (χ3n) is 3.69. The molecule has 2 atom stereocenters. The second-order valence-corrected chi connectivity index (χ2v) is 5.81. The molecule has 0 aromatic heterocycles. The van der Waals surface area contributed by atoms with E-state index in [2.05, 4.69) is 0 Å². The van der Waals surface area contributed by atoms with E-state index in [0.29, 0.717) is 18.8 Å². The topological polar surface area (TPSA) is 54.0 Å². The molecule has 24 heavy (non-hydrogen) atoms. The predicted octanol–water partition coefficient (Wildman–Crippen LogP) is 3.46. The first-order chi connectivity index (χ1) is 11.6. The van der Waals surface area contributed by atoms with Crippen LogP contribution < -0.4 is 4.74 Å². The highest BCUT2D eigenvalue weighted by Crippen LogP contribution is 2.16. The van der Waals surface area contributed by atoms with Crippen molar-refractivity contribution in [3.05, 3.63) is 30.1 Å². The summed E-state index contributed by atoms with van der Waals surface area (Å²) in [6.45, 7) is 2.91. The summed E-state index contributed by atoms with van der Waals surface area (Å²) in [4.78, 5) is 11.2. The van der Waals surface area contributed by atoms with Crippen LogP contribution in [0.5, 0.6) is 5.75 Å². The third-order valence-corrected chi connectivity index (χ3v) is 3.69.